The van der Waals surface area contributed by atoms with Gasteiger partial charge in [0, 0.05) is 24.8 Å². The molecule has 1 heterocycles. The first-order valence-electron chi connectivity index (χ1n) is 6.71. The van der Waals surface area contributed by atoms with Crippen molar-refractivity contribution in [1.82, 2.24) is 5.32 Å². The van der Waals surface area contributed by atoms with Crippen LogP contribution in [0.4, 0.5) is 5.69 Å². The number of nitrogens with one attached hydrogen (secondary N) is 2. The van der Waals surface area contributed by atoms with E-state index < -0.39 is 0 Å². The lowest BCUT2D eigenvalue weighted by atomic mass is 9.87. The molecule has 0 aromatic heterocycles. The van der Waals surface area contributed by atoms with Crippen molar-refractivity contribution >= 4 is 5.69 Å². The first-order chi connectivity index (χ1) is 8.55. The summed E-state index contributed by atoms with van der Waals surface area (Å²) in [5.41, 5.74) is 2.76. The molecule has 100 valence electrons. The van der Waals surface area contributed by atoms with Crippen LogP contribution in [0.5, 0.6) is 0 Å². The predicted molar refractivity (Wildman–Crippen MR) is 76.2 cm³/mol. The van der Waals surface area contributed by atoms with Gasteiger partial charge in [0.1, 0.15) is 0 Å². The number of morpholine rings is 1. The second kappa shape index (κ2) is 5.72. The van der Waals surface area contributed by atoms with Gasteiger partial charge in [-0.3, -0.25) is 0 Å². The maximum Gasteiger partial charge on any atom is 0.0637 e. The summed E-state index contributed by atoms with van der Waals surface area (Å²) in [5.74, 6) is 0. The van der Waals surface area contributed by atoms with Crippen molar-refractivity contribution in [2.75, 3.05) is 31.6 Å². The van der Waals surface area contributed by atoms with Gasteiger partial charge in [0.25, 0.3) is 0 Å². The van der Waals surface area contributed by atoms with Crippen molar-refractivity contribution in [3.8, 4) is 0 Å². The quantitative estimate of drug-likeness (QED) is 0.861. The van der Waals surface area contributed by atoms with E-state index in [1.165, 1.54) is 11.3 Å². The molecule has 18 heavy (non-hydrogen) atoms. The Hall–Kier alpha value is -1.06. The van der Waals surface area contributed by atoms with Crippen molar-refractivity contribution in [3.63, 3.8) is 0 Å². The fraction of sp³-hybridized carbons (Fsp3) is 0.600. The van der Waals surface area contributed by atoms with Crippen LogP contribution < -0.4 is 10.6 Å². The number of hydrogen-bond donors (Lipinski definition) is 2. The number of hydrogen-bond acceptors (Lipinski definition) is 3. The normalized spacial score (nSPS) is 20.7. The number of ether oxygens (including phenoxy) is 1. The van der Waals surface area contributed by atoms with Gasteiger partial charge in [-0.25, -0.2) is 0 Å². The van der Waals surface area contributed by atoms with Gasteiger partial charge >= 0.3 is 0 Å². The molecule has 1 unspecified atom stereocenters. The smallest absolute Gasteiger partial charge is 0.0637 e. The Labute approximate surface area is 110 Å². The van der Waals surface area contributed by atoms with Gasteiger partial charge in [-0.2, -0.15) is 0 Å². The molecule has 0 bridgehead atoms. The van der Waals surface area contributed by atoms with Crippen LogP contribution in [0, 0.1) is 0 Å². The van der Waals surface area contributed by atoms with E-state index in [0.29, 0.717) is 6.04 Å². The molecule has 1 saturated heterocycles. The third-order valence-electron chi connectivity index (χ3n) is 3.30. The minimum Gasteiger partial charge on any atom is -0.383 e. The van der Waals surface area contributed by atoms with E-state index in [0.717, 1.165) is 26.3 Å². The minimum atomic E-state index is 0.220. The largest absolute Gasteiger partial charge is 0.383 e. The summed E-state index contributed by atoms with van der Waals surface area (Å²) in [6, 6.07) is 9.13. The zero-order valence-corrected chi connectivity index (χ0v) is 11.6. The van der Waals surface area contributed by atoms with Crippen molar-refractivity contribution in [2.45, 2.75) is 32.2 Å². The van der Waals surface area contributed by atoms with E-state index in [-0.39, 0.29) is 5.41 Å². The molecule has 3 nitrogen and oxygen atoms in total. The second-order valence-corrected chi connectivity index (χ2v) is 5.93. The molecule has 1 atom stereocenters. The third kappa shape index (κ3) is 3.72. The van der Waals surface area contributed by atoms with Crippen LogP contribution in [0.15, 0.2) is 24.3 Å². The molecular formula is C15H24N2O. The van der Waals surface area contributed by atoms with E-state index in [9.17, 15) is 0 Å². The van der Waals surface area contributed by atoms with E-state index >= 15 is 0 Å². The van der Waals surface area contributed by atoms with E-state index in [1.807, 2.05) is 0 Å². The molecule has 2 rings (SSSR count). The summed E-state index contributed by atoms with van der Waals surface area (Å²) in [5, 5.41) is 6.89. The molecule has 1 aromatic carbocycles. The fourth-order valence-electron chi connectivity index (χ4n) is 2.08. The lowest BCUT2D eigenvalue weighted by molar-refractivity contribution is 0.0806. The molecular weight excluding hydrogens is 224 g/mol. The lowest BCUT2D eigenvalue weighted by Gasteiger charge is -2.24. The standard InChI is InChI=1S/C15H24N2O/c1-15(2,3)12-4-6-13(7-5-12)17-10-14-11-18-9-8-16-14/h4-7,14,16-17H,8-11H2,1-3H3. The Morgan fingerprint density at radius 2 is 2.00 bits per heavy atom. The molecule has 0 aliphatic carbocycles. The van der Waals surface area contributed by atoms with Crippen LogP contribution >= 0.6 is 0 Å². The molecule has 1 fully saturated rings. The Balaban J connectivity index is 1.86. The summed E-state index contributed by atoms with van der Waals surface area (Å²) >= 11 is 0. The highest BCUT2D eigenvalue weighted by atomic mass is 16.5. The Bertz CT molecular complexity index is 361. The first-order valence-corrected chi connectivity index (χ1v) is 6.71. The SMILES string of the molecule is CC(C)(C)c1ccc(NCC2COCCN2)cc1. The zero-order chi connectivity index (χ0) is 13.0. The molecule has 0 radical (unpaired) electrons. The number of benzene rings is 1. The van der Waals surface area contributed by atoms with Crippen LogP contribution in [0.3, 0.4) is 0 Å². The highest BCUT2D eigenvalue weighted by Crippen LogP contribution is 2.23. The molecule has 1 aliphatic rings. The van der Waals surface area contributed by atoms with Gasteiger partial charge in [-0.1, -0.05) is 32.9 Å². The van der Waals surface area contributed by atoms with Crippen LogP contribution in [-0.4, -0.2) is 32.3 Å². The van der Waals surface area contributed by atoms with Gasteiger partial charge in [0.2, 0.25) is 0 Å². The number of anilines is 1. The van der Waals surface area contributed by atoms with Gasteiger partial charge in [0.05, 0.1) is 13.2 Å². The monoisotopic (exact) mass is 248 g/mol. The second-order valence-electron chi connectivity index (χ2n) is 5.93. The Kier molecular flexibility index (Phi) is 4.25. The summed E-state index contributed by atoms with van der Waals surface area (Å²) in [7, 11) is 0. The fourth-order valence-corrected chi connectivity index (χ4v) is 2.08. The molecule has 0 amide bonds. The molecule has 0 saturated carbocycles. The van der Waals surface area contributed by atoms with Crippen LogP contribution in [0.2, 0.25) is 0 Å². The number of rotatable bonds is 3. The maximum absolute atomic E-state index is 5.43. The van der Waals surface area contributed by atoms with Gasteiger partial charge in [-0.15, -0.1) is 0 Å². The Morgan fingerprint density at radius 1 is 1.28 bits per heavy atom. The van der Waals surface area contributed by atoms with Crippen molar-refractivity contribution in [3.05, 3.63) is 29.8 Å². The predicted octanol–water partition coefficient (Wildman–Crippen LogP) is 2.38. The molecule has 1 aromatic rings. The van der Waals surface area contributed by atoms with Crippen molar-refractivity contribution in [2.24, 2.45) is 0 Å². The topological polar surface area (TPSA) is 33.3 Å². The summed E-state index contributed by atoms with van der Waals surface area (Å²) in [6.07, 6.45) is 0. The minimum absolute atomic E-state index is 0.220. The van der Waals surface area contributed by atoms with Gasteiger partial charge in [0.15, 0.2) is 0 Å². The third-order valence-corrected chi connectivity index (χ3v) is 3.30. The van der Waals surface area contributed by atoms with Crippen LogP contribution in [-0.2, 0) is 10.2 Å². The maximum atomic E-state index is 5.43. The molecule has 1 aliphatic heterocycles. The first kappa shape index (κ1) is 13.4. The molecule has 2 N–H and O–H groups in total. The Morgan fingerprint density at radius 3 is 2.56 bits per heavy atom. The van der Waals surface area contributed by atoms with Crippen LogP contribution in [0.25, 0.3) is 0 Å². The summed E-state index contributed by atoms with van der Waals surface area (Å²) < 4.78 is 5.43. The zero-order valence-electron chi connectivity index (χ0n) is 11.6. The van der Waals surface area contributed by atoms with Crippen LogP contribution in [0.1, 0.15) is 26.3 Å². The average Bonchev–Trinajstić information content (AvgIpc) is 2.37. The highest BCUT2D eigenvalue weighted by Gasteiger charge is 2.14. The average molecular weight is 248 g/mol. The van der Waals surface area contributed by atoms with Gasteiger partial charge < -0.3 is 15.4 Å². The van der Waals surface area contributed by atoms with Crippen molar-refractivity contribution < 1.29 is 4.74 Å². The van der Waals surface area contributed by atoms with E-state index in [2.05, 4.69) is 55.7 Å². The summed E-state index contributed by atoms with van der Waals surface area (Å²) in [4.78, 5) is 0. The highest BCUT2D eigenvalue weighted by molar-refractivity contribution is 5.45. The molecule has 0 spiro atoms. The molecule has 3 heteroatoms. The van der Waals surface area contributed by atoms with E-state index in [1.54, 1.807) is 0 Å². The lowest BCUT2D eigenvalue weighted by Crippen LogP contribution is -2.45. The summed E-state index contributed by atoms with van der Waals surface area (Å²) in [6.45, 7) is 10.2. The van der Waals surface area contributed by atoms with Gasteiger partial charge in [-0.05, 0) is 23.1 Å². The van der Waals surface area contributed by atoms with E-state index in [4.69, 9.17) is 4.74 Å². The van der Waals surface area contributed by atoms with Crippen molar-refractivity contribution in [1.29, 1.82) is 0 Å².